The lowest BCUT2D eigenvalue weighted by Crippen LogP contribution is -2.35. The predicted molar refractivity (Wildman–Crippen MR) is 94.4 cm³/mol. The van der Waals surface area contributed by atoms with Gasteiger partial charge in [-0.1, -0.05) is 40.9 Å². The number of carbonyl (C=O) groups is 2. The van der Waals surface area contributed by atoms with Gasteiger partial charge in [-0.25, -0.2) is 4.79 Å². The van der Waals surface area contributed by atoms with E-state index in [4.69, 9.17) is 34.8 Å². The zero-order chi connectivity index (χ0) is 22.1. The molecule has 2 rings (SSSR count). The molecule has 0 aromatic heterocycles. The van der Waals surface area contributed by atoms with E-state index < -0.39 is 46.1 Å². The summed E-state index contributed by atoms with van der Waals surface area (Å²) in [6.45, 7) is 0. The topological polar surface area (TPSA) is 58.2 Å². The summed E-state index contributed by atoms with van der Waals surface area (Å²) in [4.78, 5) is 24.0. The van der Waals surface area contributed by atoms with Crippen molar-refractivity contribution >= 4 is 52.4 Å². The van der Waals surface area contributed by atoms with Crippen LogP contribution in [0.2, 0.25) is 15.1 Å². The van der Waals surface area contributed by atoms with Crippen LogP contribution in [0.1, 0.15) is 21.5 Å². The van der Waals surface area contributed by atoms with Crippen molar-refractivity contribution in [2.75, 3.05) is 5.32 Å². The van der Waals surface area contributed by atoms with Crippen LogP contribution in [0.5, 0.6) is 0 Å². The SMILES string of the molecule is O=C(NC(=O)c1c(Cl)cccc1Cl)Nc1cc(C(F)(F)F)cc(C(F)(F)F)c1Cl. The molecular weight excluding hydrogens is 473 g/mol. The minimum Gasteiger partial charge on any atom is -0.306 e. The number of anilines is 1. The first-order valence-corrected chi connectivity index (χ1v) is 8.39. The molecule has 13 heteroatoms. The van der Waals surface area contributed by atoms with E-state index in [2.05, 4.69) is 0 Å². The summed E-state index contributed by atoms with van der Waals surface area (Å²) in [6, 6.07) is 2.51. The third-order valence-corrected chi connectivity index (χ3v) is 4.41. The molecule has 0 atom stereocenters. The van der Waals surface area contributed by atoms with Crippen molar-refractivity contribution in [1.82, 2.24) is 5.32 Å². The van der Waals surface area contributed by atoms with Crippen LogP contribution in [0.15, 0.2) is 30.3 Å². The zero-order valence-electron chi connectivity index (χ0n) is 13.6. The molecule has 0 heterocycles. The fourth-order valence-electron chi connectivity index (χ4n) is 2.12. The third-order valence-electron chi connectivity index (χ3n) is 3.37. The van der Waals surface area contributed by atoms with Crippen LogP contribution in [-0.4, -0.2) is 11.9 Å². The second-order valence-electron chi connectivity index (χ2n) is 5.39. The van der Waals surface area contributed by atoms with Gasteiger partial charge in [-0.3, -0.25) is 10.1 Å². The van der Waals surface area contributed by atoms with Gasteiger partial charge in [-0.05, 0) is 24.3 Å². The molecule has 0 bridgehead atoms. The van der Waals surface area contributed by atoms with Gasteiger partial charge in [0.1, 0.15) is 0 Å². The molecule has 0 radical (unpaired) electrons. The van der Waals surface area contributed by atoms with Crippen molar-refractivity contribution in [3.05, 3.63) is 62.1 Å². The van der Waals surface area contributed by atoms with E-state index in [9.17, 15) is 35.9 Å². The molecule has 0 saturated carbocycles. The van der Waals surface area contributed by atoms with Crippen LogP contribution in [-0.2, 0) is 12.4 Å². The highest BCUT2D eigenvalue weighted by atomic mass is 35.5. The number of hydrogen-bond acceptors (Lipinski definition) is 2. The Kier molecular flexibility index (Phi) is 6.61. The van der Waals surface area contributed by atoms with E-state index in [0.717, 1.165) is 0 Å². The number of carbonyl (C=O) groups excluding carboxylic acids is 2. The first-order chi connectivity index (χ1) is 13.2. The number of hydrogen-bond donors (Lipinski definition) is 2. The van der Waals surface area contributed by atoms with E-state index in [-0.39, 0.29) is 27.7 Å². The minimum absolute atomic E-state index is 0.140. The average Bonchev–Trinajstić information content (AvgIpc) is 2.54. The Bertz CT molecular complexity index is 956. The molecule has 0 aliphatic heterocycles. The molecule has 29 heavy (non-hydrogen) atoms. The van der Waals surface area contributed by atoms with Gasteiger partial charge in [0.25, 0.3) is 5.91 Å². The maximum absolute atomic E-state index is 13.0. The number of amides is 3. The van der Waals surface area contributed by atoms with E-state index >= 15 is 0 Å². The number of alkyl halides is 6. The van der Waals surface area contributed by atoms with Crippen molar-refractivity contribution in [1.29, 1.82) is 0 Å². The summed E-state index contributed by atoms with van der Waals surface area (Å²) in [5.74, 6) is -1.14. The van der Waals surface area contributed by atoms with Gasteiger partial charge in [0, 0.05) is 0 Å². The quantitative estimate of drug-likeness (QED) is 0.474. The number of benzene rings is 2. The predicted octanol–water partition coefficient (Wildman–Crippen LogP) is 6.65. The summed E-state index contributed by atoms with van der Waals surface area (Å²) in [5.41, 5.74) is -4.85. The molecule has 156 valence electrons. The van der Waals surface area contributed by atoms with Crippen LogP contribution in [0.4, 0.5) is 36.8 Å². The number of nitrogens with one attached hydrogen (secondary N) is 2. The highest BCUT2D eigenvalue weighted by Crippen LogP contribution is 2.42. The molecule has 2 aromatic rings. The van der Waals surface area contributed by atoms with Crippen molar-refractivity contribution in [3.8, 4) is 0 Å². The summed E-state index contributed by atoms with van der Waals surface area (Å²) in [6.07, 6.45) is -10.4. The van der Waals surface area contributed by atoms with Gasteiger partial charge in [0.05, 0.1) is 37.4 Å². The lowest BCUT2D eigenvalue weighted by Gasteiger charge is -2.17. The number of imide groups is 1. The van der Waals surface area contributed by atoms with Crippen LogP contribution in [0.3, 0.4) is 0 Å². The van der Waals surface area contributed by atoms with E-state index in [1.807, 2.05) is 0 Å². The Labute approximate surface area is 173 Å². The molecule has 0 aliphatic rings. The van der Waals surface area contributed by atoms with Crippen molar-refractivity contribution in [2.24, 2.45) is 0 Å². The first kappa shape index (κ1) is 23.1. The van der Waals surface area contributed by atoms with Gasteiger partial charge >= 0.3 is 18.4 Å². The van der Waals surface area contributed by atoms with Crippen molar-refractivity contribution in [3.63, 3.8) is 0 Å². The lowest BCUT2D eigenvalue weighted by molar-refractivity contribution is -0.142. The van der Waals surface area contributed by atoms with Gasteiger partial charge < -0.3 is 5.32 Å². The van der Waals surface area contributed by atoms with E-state index in [0.29, 0.717) is 0 Å². The van der Waals surface area contributed by atoms with E-state index in [1.54, 1.807) is 10.6 Å². The molecule has 2 aromatic carbocycles. The fraction of sp³-hybridized carbons (Fsp3) is 0.125. The van der Waals surface area contributed by atoms with Crippen molar-refractivity contribution < 1.29 is 35.9 Å². The largest absolute Gasteiger partial charge is 0.417 e. The van der Waals surface area contributed by atoms with Crippen LogP contribution in [0.25, 0.3) is 0 Å². The molecule has 0 aliphatic carbocycles. The second-order valence-corrected chi connectivity index (χ2v) is 6.58. The molecule has 3 amide bonds. The molecule has 2 N–H and O–H groups in total. The summed E-state index contributed by atoms with van der Waals surface area (Å²) < 4.78 is 77.7. The number of rotatable bonds is 2. The van der Waals surface area contributed by atoms with Gasteiger partial charge in [-0.2, -0.15) is 26.3 Å². The van der Waals surface area contributed by atoms with Gasteiger partial charge in [0.15, 0.2) is 0 Å². The van der Waals surface area contributed by atoms with Crippen LogP contribution < -0.4 is 10.6 Å². The third kappa shape index (κ3) is 5.46. The number of halogens is 9. The fourth-order valence-corrected chi connectivity index (χ4v) is 2.95. The van der Waals surface area contributed by atoms with E-state index in [1.165, 1.54) is 18.2 Å². The molecular formula is C16H7Cl3F6N2O2. The lowest BCUT2D eigenvalue weighted by atomic mass is 10.1. The Morgan fingerprint density at radius 3 is 1.90 bits per heavy atom. The minimum atomic E-state index is -5.23. The Morgan fingerprint density at radius 2 is 1.41 bits per heavy atom. The van der Waals surface area contributed by atoms with Crippen LogP contribution >= 0.6 is 34.8 Å². The number of urea groups is 1. The average molecular weight is 480 g/mol. The summed E-state index contributed by atoms with van der Waals surface area (Å²) in [7, 11) is 0. The van der Waals surface area contributed by atoms with Gasteiger partial charge in [-0.15, -0.1) is 0 Å². The van der Waals surface area contributed by atoms with Gasteiger partial charge in [0.2, 0.25) is 0 Å². The first-order valence-electron chi connectivity index (χ1n) is 7.26. The maximum Gasteiger partial charge on any atom is 0.417 e. The zero-order valence-corrected chi connectivity index (χ0v) is 15.9. The molecule has 0 fully saturated rings. The highest BCUT2D eigenvalue weighted by molar-refractivity contribution is 6.40. The molecule has 0 spiro atoms. The summed E-state index contributed by atoms with van der Waals surface area (Å²) in [5, 5.41) is 1.91. The second kappa shape index (κ2) is 8.29. The highest BCUT2D eigenvalue weighted by Gasteiger charge is 2.39. The molecule has 0 saturated heterocycles. The molecule has 4 nitrogen and oxygen atoms in total. The summed E-state index contributed by atoms with van der Waals surface area (Å²) >= 11 is 17.1. The Balaban J connectivity index is 2.35. The maximum atomic E-state index is 13.0. The Hall–Kier alpha value is -2.17. The Morgan fingerprint density at radius 1 is 0.862 bits per heavy atom. The normalized spacial score (nSPS) is 11.9. The smallest absolute Gasteiger partial charge is 0.306 e. The molecule has 0 unspecified atom stereocenters. The van der Waals surface area contributed by atoms with Crippen LogP contribution in [0, 0.1) is 0 Å². The standard InChI is InChI=1S/C16H7Cl3F6N2O2/c17-8-2-1-3-9(18)11(8)13(28)27-14(29)26-10-5-6(15(20,21)22)4-7(12(10)19)16(23,24)25/h1-5H,(H2,26,27,28,29). The van der Waals surface area contributed by atoms with Crippen molar-refractivity contribution in [2.45, 2.75) is 12.4 Å². The monoisotopic (exact) mass is 478 g/mol.